The van der Waals surface area contributed by atoms with Crippen LogP contribution in [0.25, 0.3) is 11.5 Å². The third-order valence-corrected chi connectivity index (χ3v) is 2.40. The molecule has 1 aromatic heterocycles. The number of anilines is 1. The Labute approximate surface area is 112 Å². The Hall–Kier alpha value is -2.09. The molecule has 2 rings (SSSR count). The lowest BCUT2D eigenvalue weighted by Crippen LogP contribution is -2.18. The molecule has 0 atom stereocenters. The topological polar surface area (TPSA) is 74.2 Å². The van der Waals surface area contributed by atoms with Gasteiger partial charge in [0.15, 0.2) is 5.82 Å². The molecule has 0 aliphatic carbocycles. The molecular weight excluding hydrogens is 275 g/mol. The first-order valence-corrected chi connectivity index (χ1v) is 5.77. The number of halogens is 3. The van der Waals surface area contributed by atoms with Crippen LogP contribution in [0.4, 0.5) is 18.9 Å². The first-order valence-electron chi connectivity index (χ1n) is 5.77. The van der Waals surface area contributed by atoms with Gasteiger partial charge in [0.1, 0.15) is 6.61 Å². The summed E-state index contributed by atoms with van der Waals surface area (Å²) < 4.78 is 45.1. The van der Waals surface area contributed by atoms with Gasteiger partial charge in [0.2, 0.25) is 0 Å². The number of nitrogens with two attached hydrogens (primary N) is 1. The number of para-hydroxylation sites is 1. The van der Waals surface area contributed by atoms with Crippen LogP contribution in [0.3, 0.4) is 0 Å². The van der Waals surface area contributed by atoms with Gasteiger partial charge in [-0.05, 0) is 12.1 Å². The minimum absolute atomic E-state index is 0.131. The highest BCUT2D eigenvalue weighted by molar-refractivity contribution is 5.69. The lowest BCUT2D eigenvalue weighted by atomic mass is 10.2. The zero-order valence-corrected chi connectivity index (χ0v) is 10.4. The second-order valence-electron chi connectivity index (χ2n) is 4.02. The lowest BCUT2D eigenvalue weighted by molar-refractivity contribution is -0.173. The highest BCUT2D eigenvalue weighted by Gasteiger charge is 2.27. The molecule has 0 saturated carbocycles. The minimum atomic E-state index is -4.33. The van der Waals surface area contributed by atoms with Gasteiger partial charge in [-0.25, -0.2) is 0 Å². The molecule has 0 amide bonds. The monoisotopic (exact) mass is 287 g/mol. The fourth-order valence-electron chi connectivity index (χ4n) is 1.51. The third kappa shape index (κ3) is 3.95. The minimum Gasteiger partial charge on any atom is -0.398 e. The van der Waals surface area contributed by atoms with Crippen molar-refractivity contribution in [3.63, 3.8) is 0 Å². The molecule has 0 fully saturated rings. The lowest BCUT2D eigenvalue weighted by Gasteiger charge is -2.05. The van der Waals surface area contributed by atoms with Gasteiger partial charge in [0, 0.05) is 12.1 Å². The van der Waals surface area contributed by atoms with E-state index in [1.54, 1.807) is 24.3 Å². The Morgan fingerprint density at radius 1 is 1.25 bits per heavy atom. The number of nitrogen functional groups attached to an aromatic ring is 1. The quantitative estimate of drug-likeness (QED) is 0.675. The molecule has 20 heavy (non-hydrogen) atoms. The van der Waals surface area contributed by atoms with E-state index < -0.39 is 12.8 Å². The highest BCUT2D eigenvalue weighted by atomic mass is 19.4. The summed E-state index contributed by atoms with van der Waals surface area (Å²) in [6, 6.07) is 6.93. The number of aromatic nitrogens is 2. The van der Waals surface area contributed by atoms with Crippen molar-refractivity contribution < 1.29 is 22.4 Å². The van der Waals surface area contributed by atoms with Crippen molar-refractivity contribution in [2.75, 3.05) is 18.9 Å². The molecule has 0 radical (unpaired) electrons. The van der Waals surface area contributed by atoms with Crippen molar-refractivity contribution in [1.82, 2.24) is 10.1 Å². The molecule has 0 aliphatic rings. The second kappa shape index (κ2) is 5.91. The van der Waals surface area contributed by atoms with Crippen LogP contribution in [0.15, 0.2) is 28.8 Å². The van der Waals surface area contributed by atoms with Crippen molar-refractivity contribution >= 4 is 5.69 Å². The zero-order valence-electron chi connectivity index (χ0n) is 10.4. The van der Waals surface area contributed by atoms with E-state index in [-0.39, 0.29) is 24.7 Å². The molecule has 0 bridgehead atoms. The predicted octanol–water partition coefficient (Wildman–Crippen LogP) is 2.44. The summed E-state index contributed by atoms with van der Waals surface area (Å²) in [7, 11) is 0. The Morgan fingerprint density at radius 3 is 2.70 bits per heavy atom. The van der Waals surface area contributed by atoms with Gasteiger partial charge in [0.25, 0.3) is 5.89 Å². The first-order chi connectivity index (χ1) is 9.46. The van der Waals surface area contributed by atoms with Crippen molar-refractivity contribution in [3.05, 3.63) is 30.1 Å². The van der Waals surface area contributed by atoms with E-state index in [1.807, 2.05) is 0 Å². The van der Waals surface area contributed by atoms with E-state index >= 15 is 0 Å². The summed E-state index contributed by atoms with van der Waals surface area (Å²) in [4.78, 5) is 4.06. The first kappa shape index (κ1) is 14.3. The third-order valence-electron chi connectivity index (χ3n) is 2.40. The van der Waals surface area contributed by atoms with Crippen LogP contribution in [0.5, 0.6) is 0 Å². The number of ether oxygens (including phenoxy) is 1. The van der Waals surface area contributed by atoms with Crippen LogP contribution in [-0.4, -0.2) is 29.5 Å². The van der Waals surface area contributed by atoms with Crippen LogP contribution in [0.1, 0.15) is 5.82 Å². The van der Waals surface area contributed by atoms with Crippen molar-refractivity contribution in [1.29, 1.82) is 0 Å². The fourth-order valence-corrected chi connectivity index (χ4v) is 1.51. The Morgan fingerprint density at radius 2 is 2.00 bits per heavy atom. The molecule has 0 unspecified atom stereocenters. The number of benzene rings is 1. The van der Waals surface area contributed by atoms with E-state index in [0.717, 1.165) is 0 Å². The number of alkyl halides is 3. The van der Waals surface area contributed by atoms with Gasteiger partial charge in [-0.3, -0.25) is 0 Å². The summed E-state index contributed by atoms with van der Waals surface area (Å²) in [6.45, 7) is -1.42. The normalized spacial score (nSPS) is 11.8. The largest absolute Gasteiger partial charge is 0.411 e. The van der Waals surface area contributed by atoms with Crippen LogP contribution in [0.2, 0.25) is 0 Å². The molecule has 0 aliphatic heterocycles. The van der Waals surface area contributed by atoms with Crippen molar-refractivity contribution in [3.8, 4) is 11.5 Å². The molecule has 0 saturated heterocycles. The van der Waals surface area contributed by atoms with Gasteiger partial charge in [-0.1, -0.05) is 17.3 Å². The molecule has 1 heterocycles. The van der Waals surface area contributed by atoms with Gasteiger partial charge in [0.05, 0.1) is 12.2 Å². The molecule has 1 aromatic carbocycles. The molecule has 2 aromatic rings. The molecule has 108 valence electrons. The fraction of sp³-hybridized carbons (Fsp3) is 0.333. The van der Waals surface area contributed by atoms with E-state index in [1.165, 1.54) is 0 Å². The molecular formula is C12H12F3N3O2. The van der Waals surface area contributed by atoms with Gasteiger partial charge in [-0.15, -0.1) is 0 Å². The summed E-state index contributed by atoms with van der Waals surface area (Å²) in [5.74, 6) is 0.499. The maximum absolute atomic E-state index is 11.9. The summed E-state index contributed by atoms with van der Waals surface area (Å²) in [5, 5.41) is 3.66. The maximum Gasteiger partial charge on any atom is 0.411 e. The Balaban J connectivity index is 1.92. The SMILES string of the molecule is Nc1ccccc1-c1nc(CCOCC(F)(F)F)no1. The second-order valence-corrected chi connectivity index (χ2v) is 4.02. The van der Waals surface area contributed by atoms with Crippen LogP contribution >= 0.6 is 0 Å². The number of hydrogen-bond donors (Lipinski definition) is 1. The number of rotatable bonds is 5. The molecule has 0 spiro atoms. The predicted molar refractivity (Wildman–Crippen MR) is 64.7 cm³/mol. The standard InChI is InChI=1S/C12H12F3N3O2/c13-12(14,15)7-19-6-5-10-17-11(20-18-10)8-3-1-2-4-9(8)16/h1-4H,5-7,16H2. The van der Waals surface area contributed by atoms with E-state index in [0.29, 0.717) is 11.3 Å². The Kier molecular flexibility index (Phi) is 4.23. The zero-order chi connectivity index (χ0) is 14.6. The van der Waals surface area contributed by atoms with Crippen molar-refractivity contribution in [2.45, 2.75) is 12.6 Å². The number of nitrogens with zero attached hydrogens (tertiary/aromatic N) is 2. The smallest absolute Gasteiger partial charge is 0.398 e. The average Bonchev–Trinajstić information content (AvgIpc) is 2.83. The van der Waals surface area contributed by atoms with E-state index in [2.05, 4.69) is 14.9 Å². The summed E-state index contributed by atoms with van der Waals surface area (Å²) in [5.41, 5.74) is 6.82. The average molecular weight is 287 g/mol. The maximum atomic E-state index is 11.9. The van der Waals surface area contributed by atoms with Crippen LogP contribution in [-0.2, 0) is 11.2 Å². The van der Waals surface area contributed by atoms with E-state index in [9.17, 15) is 13.2 Å². The van der Waals surface area contributed by atoms with Crippen molar-refractivity contribution in [2.24, 2.45) is 0 Å². The van der Waals surface area contributed by atoms with E-state index in [4.69, 9.17) is 10.3 Å². The van der Waals surface area contributed by atoms with Crippen LogP contribution < -0.4 is 5.73 Å². The highest BCUT2D eigenvalue weighted by Crippen LogP contribution is 2.23. The summed E-state index contributed by atoms with van der Waals surface area (Å²) >= 11 is 0. The van der Waals surface area contributed by atoms with Gasteiger partial charge in [-0.2, -0.15) is 18.2 Å². The van der Waals surface area contributed by atoms with Gasteiger partial charge >= 0.3 is 6.18 Å². The Bertz CT molecular complexity index is 569. The van der Waals surface area contributed by atoms with Gasteiger partial charge < -0.3 is 15.0 Å². The van der Waals surface area contributed by atoms with Crippen LogP contribution in [0, 0.1) is 0 Å². The molecule has 5 nitrogen and oxygen atoms in total. The molecule has 8 heteroatoms. The molecule has 2 N–H and O–H groups in total. The summed E-state index contributed by atoms with van der Waals surface area (Å²) in [6.07, 6.45) is -4.20. The number of hydrogen-bond acceptors (Lipinski definition) is 5.